The van der Waals surface area contributed by atoms with E-state index in [0.717, 1.165) is 17.5 Å². The second-order valence-electron chi connectivity index (χ2n) is 11.2. The highest BCUT2D eigenvalue weighted by molar-refractivity contribution is 7.89. The van der Waals surface area contributed by atoms with Crippen LogP contribution in [0.3, 0.4) is 0 Å². The number of benzene rings is 2. The highest BCUT2D eigenvalue weighted by Crippen LogP contribution is 2.33. The van der Waals surface area contributed by atoms with Gasteiger partial charge in [0, 0.05) is 19.0 Å². The molecule has 220 valence electrons. The predicted molar refractivity (Wildman–Crippen MR) is 149 cm³/mol. The number of carbonyl (C=O) groups excluding carboxylic acids is 1. The van der Waals surface area contributed by atoms with E-state index in [4.69, 9.17) is 14.2 Å². The molecular weight excluding hydrogens is 534 g/mol. The van der Waals surface area contributed by atoms with Crippen LogP contribution < -0.4 is 0 Å². The van der Waals surface area contributed by atoms with E-state index >= 15 is 0 Å². The Hall–Kier alpha value is -2.34. The minimum Gasteiger partial charge on any atom is -0.459 e. The first-order valence-corrected chi connectivity index (χ1v) is 15.4. The largest absolute Gasteiger partial charge is 0.459 e. The van der Waals surface area contributed by atoms with Crippen molar-refractivity contribution in [1.29, 1.82) is 0 Å². The molecule has 2 aliphatic heterocycles. The van der Waals surface area contributed by atoms with Gasteiger partial charge in [-0.3, -0.25) is 4.79 Å². The Morgan fingerprint density at radius 1 is 1.12 bits per heavy atom. The summed E-state index contributed by atoms with van der Waals surface area (Å²) in [5, 5.41) is 21.2. The van der Waals surface area contributed by atoms with Gasteiger partial charge in [0.05, 0.1) is 43.2 Å². The van der Waals surface area contributed by atoms with Gasteiger partial charge in [-0.2, -0.15) is 4.31 Å². The van der Waals surface area contributed by atoms with Crippen molar-refractivity contribution in [3.63, 3.8) is 0 Å². The van der Waals surface area contributed by atoms with E-state index in [1.165, 1.54) is 16.4 Å². The van der Waals surface area contributed by atoms with E-state index in [-0.39, 0.29) is 55.7 Å². The minimum absolute atomic E-state index is 0.00597. The quantitative estimate of drug-likeness (QED) is 0.350. The fraction of sp³-hybridized carbons (Fsp3) is 0.567. The van der Waals surface area contributed by atoms with Crippen molar-refractivity contribution in [2.75, 3.05) is 26.3 Å². The molecule has 0 saturated carbocycles. The summed E-state index contributed by atoms with van der Waals surface area (Å²) < 4.78 is 45.6. The molecule has 0 aliphatic carbocycles. The number of aryl methyl sites for hydroxylation is 1. The summed E-state index contributed by atoms with van der Waals surface area (Å²) in [6.07, 6.45) is -0.799. The zero-order valence-corrected chi connectivity index (χ0v) is 24.3. The fourth-order valence-electron chi connectivity index (χ4n) is 5.40. The minimum atomic E-state index is -3.99. The van der Waals surface area contributed by atoms with Gasteiger partial charge in [-0.1, -0.05) is 50.2 Å². The van der Waals surface area contributed by atoms with Crippen LogP contribution >= 0.6 is 0 Å². The van der Waals surface area contributed by atoms with Crippen LogP contribution in [0.1, 0.15) is 43.4 Å². The molecule has 0 bridgehead atoms. The van der Waals surface area contributed by atoms with Gasteiger partial charge < -0.3 is 24.4 Å². The Labute approximate surface area is 237 Å². The van der Waals surface area contributed by atoms with Crippen molar-refractivity contribution in [3.8, 4) is 0 Å². The topological polar surface area (TPSA) is 123 Å². The van der Waals surface area contributed by atoms with Gasteiger partial charge in [-0.05, 0) is 54.5 Å². The van der Waals surface area contributed by atoms with E-state index in [9.17, 15) is 23.4 Å². The number of esters is 1. The van der Waals surface area contributed by atoms with Crippen molar-refractivity contribution in [2.24, 2.45) is 17.8 Å². The van der Waals surface area contributed by atoms with Crippen molar-refractivity contribution in [1.82, 2.24) is 4.31 Å². The molecule has 9 nitrogen and oxygen atoms in total. The first-order chi connectivity index (χ1) is 19.1. The van der Waals surface area contributed by atoms with Crippen LogP contribution in [0.5, 0.6) is 0 Å². The number of ether oxygens (including phenoxy) is 3. The van der Waals surface area contributed by atoms with Crippen molar-refractivity contribution < 1.29 is 37.6 Å². The summed E-state index contributed by atoms with van der Waals surface area (Å²) in [6.45, 7) is 6.20. The fourth-order valence-corrected chi connectivity index (χ4v) is 7.08. The van der Waals surface area contributed by atoms with Gasteiger partial charge in [0.25, 0.3) is 0 Å². The second kappa shape index (κ2) is 13.5. The molecule has 40 heavy (non-hydrogen) atoms. The molecule has 2 aliphatic rings. The molecular formula is C30H41NO8S. The number of sulfonamides is 1. The highest BCUT2D eigenvalue weighted by atomic mass is 32.2. The van der Waals surface area contributed by atoms with Gasteiger partial charge in [0.1, 0.15) is 6.10 Å². The Kier molecular flexibility index (Phi) is 10.4. The van der Waals surface area contributed by atoms with E-state index in [0.29, 0.717) is 18.6 Å². The van der Waals surface area contributed by atoms with Gasteiger partial charge in [0.15, 0.2) is 6.29 Å². The number of aliphatic hydroxyl groups is 2. The molecule has 2 aromatic rings. The van der Waals surface area contributed by atoms with E-state index < -0.39 is 34.1 Å². The monoisotopic (exact) mass is 575 g/mol. The maximum absolute atomic E-state index is 13.7. The Bertz CT molecular complexity index is 1240. The number of hydrogen-bond donors (Lipinski definition) is 2. The summed E-state index contributed by atoms with van der Waals surface area (Å²) in [7, 11) is -3.99. The van der Waals surface area contributed by atoms with Gasteiger partial charge in [-0.15, -0.1) is 0 Å². The van der Waals surface area contributed by atoms with E-state index in [1.807, 2.05) is 51.1 Å². The molecule has 2 aromatic carbocycles. The lowest BCUT2D eigenvalue weighted by Gasteiger charge is -2.30. The molecule has 2 unspecified atom stereocenters. The van der Waals surface area contributed by atoms with Crippen LogP contribution in [0.15, 0.2) is 53.4 Å². The SMILES string of the molecule is Cc1ccc(S(=O)(=O)N(CC(C)C)C[C@@H](O)[C@@H](CC(=O)OC2CO[C@H]3OCCC23)Cc2ccccc2)cc1CO. The standard InChI is InChI=1S/C30H41NO8S/c1-20(2)16-31(40(35,36)25-10-9-21(3)24(14-25)18-32)17-27(33)23(13-22-7-5-4-6-8-22)15-29(34)39-28-19-38-30-26(28)11-12-37-30/h4-10,14,20,23,26-28,30,32-33H,11-13,15-19H2,1-3H3/t23-,26?,27-,28?,30-/m1/s1. The average molecular weight is 576 g/mol. The lowest BCUT2D eigenvalue weighted by molar-refractivity contribution is -0.153. The zero-order valence-electron chi connectivity index (χ0n) is 23.4. The Morgan fingerprint density at radius 2 is 1.88 bits per heavy atom. The number of nitrogens with zero attached hydrogens (tertiary/aromatic N) is 1. The number of rotatable bonds is 13. The van der Waals surface area contributed by atoms with Crippen LogP contribution in [0.2, 0.25) is 0 Å². The highest BCUT2D eigenvalue weighted by Gasteiger charge is 2.44. The maximum atomic E-state index is 13.7. The third kappa shape index (κ3) is 7.48. The molecule has 0 radical (unpaired) electrons. The van der Waals surface area contributed by atoms with Crippen molar-refractivity contribution in [3.05, 3.63) is 65.2 Å². The third-order valence-electron chi connectivity index (χ3n) is 7.67. The number of carbonyl (C=O) groups is 1. The molecule has 2 fully saturated rings. The normalized spacial score (nSPS) is 22.4. The summed E-state index contributed by atoms with van der Waals surface area (Å²) in [4.78, 5) is 13.2. The first kappa shape index (κ1) is 30.6. The Morgan fingerprint density at radius 3 is 2.58 bits per heavy atom. The smallest absolute Gasteiger partial charge is 0.306 e. The van der Waals surface area contributed by atoms with Crippen LogP contribution in [0.4, 0.5) is 0 Å². The molecule has 0 spiro atoms. The molecule has 0 aromatic heterocycles. The molecule has 4 rings (SSSR count). The molecule has 5 atom stereocenters. The van der Waals surface area contributed by atoms with Gasteiger partial charge in [0.2, 0.25) is 10.0 Å². The number of hydrogen-bond acceptors (Lipinski definition) is 8. The number of aliphatic hydroxyl groups excluding tert-OH is 2. The lowest BCUT2D eigenvalue weighted by Crippen LogP contribution is -2.43. The zero-order chi connectivity index (χ0) is 28.9. The Balaban J connectivity index is 1.53. The molecule has 0 amide bonds. The molecule has 2 heterocycles. The summed E-state index contributed by atoms with van der Waals surface area (Å²) in [5.41, 5.74) is 2.25. The molecule has 2 N–H and O–H groups in total. The summed E-state index contributed by atoms with van der Waals surface area (Å²) in [6, 6.07) is 14.2. The van der Waals surface area contributed by atoms with Gasteiger partial charge >= 0.3 is 5.97 Å². The van der Waals surface area contributed by atoms with E-state index in [2.05, 4.69) is 0 Å². The summed E-state index contributed by atoms with van der Waals surface area (Å²) >= 11 is 0. The van der Waals surface area contributed by atoms with Crippen molar-refractivity contribution >= 4 is 16.0 Å². The van der Waals surface area contributed by atoms with Crippen LogP contribution in [0.25, 0.3) is 0 Å². The average Bonchev–Trinajstić information content (AvgIpc) is 3.53. The first-order valence-electron chi connectivity index (χ1n) is 13.9. The second-order valence-corrected chi connectivity index (χ2v) is 13.2. The molecule has 10 heteroatoms. The summed E-state index contributed by atoms with van der Waals surface area (Å²) in [5.74, 6) is -1.04. The van der Waals surface area contributed by atoms with Crippen molar-refractivity contribution in [2.45, 2.75) is 70.0 Å². The maximum Gasteiger partial charge on any atom is 0.306 e. The predicted octanol–water partition coefficient (Wildman–Crippen LogP) is 3.05. The lowest BCUT2D eigenvalue weighted by atomic mass is 9.90. The number of fused-ring (bicyclic) bond motifs is 1. The van der Waals surface area contributed by atoms with Crippen LogP contribution in [0, 0.1) is 24.7 Å². The van der Waals surface area contributed by atoms with Crippen LogP contribution in [-0.2, 0) is 42.1 Å². The van der Waals surface area contributed by atoms with Gasteiger partial charge in [-0.25, -0.2) is 8.42 Å². The van der Waals surface area contributed by atoms with Crippen LogP contribution in [-0.4, -0.2) is 73.7 Å². The van der Waals surface area contributed by atoms with E-state index in [1.54, 1.807) is 6.07 Å². The third-order valence-corrected chi connectivity index (χ3v) is 9.50. The molecule has 2 saturated heterocycles.